The van der Waals surface area contributed by atoms with Crippen LogP contribution in [0.4, 0.5) is 0 Å². The second-order valence-corrected chi connectivity index (χ2v) is 26.7. The summed E-state index contributed by atoms with van der Waals surface area (Å²) >= 11 is 0. The number of aliphatic hydroxyl groups excluding tert-OH is 2. The van der Waals surface area contributed by atoms with E-state index >= 15 is 0 Å². The number of nitrogens with one attached hydrogen (secondary N) is 1. The van der Waals surface area contributed by atoms with Crippen molar-refractivity contribution in [2.45, 2.75) is 463 Å². The molecular weight excluding hydrogens is 1010 g/mol. The Bertz CT molecular complexity index is 1200. The Labute approximate surface area is 515 Å². The molecule has 0 radical (unpaired) electrons. The van der Waals surface area contributed by atoms with Crippen molar-refractivity contribution in [2.24, 2.45) is 0 Å². The Hall–Kier alpha value is -1.14. The second kappa shape index (κ2) is 72.3. The lowest BCUT2D eigenvalue weighted by molar-refractivity contribution is -0.143. The predicted octanol–water partition coefficient (Wildman–Crippen LogP) is 24.9. The molecule has 6 heteroatoms. The van der Waals surface area contributed by atoms with Gasteiger partial charge in [-0.1, -0.05) is 412 Å². The van der Waals surface area contributed by atoms with Crippen LogP contribution in [0, 0.1) is 0 Å². The van der Waals surface area contributed by atoms with E-state index in [1.165, 1.54) is 379 Å². The van der Waals surface area contributed by atoms with E-state index in [0.29, 0.717) is 25.9 Å². The molecule has 0 fully saturated rings. The minimum atomic E-state index is -0.662. The lowest BCUT2D eigenvalue weighted by Gasteiger charge is -2.22. The fourth-order valence-electron chi connectivity index (χ4n) is 12.6. The molecule has 490 valence electrons. The molecule has 0 saturated heterocycles. The molecule has 0 rings (SSSR count). The van der Waals surface area contributed by atoms with Crippen molar-refractivity contribution < 1.29 is 24.5 Å². The molecule has 0 saturated carbocycles. The smallest absolute Gasteiger partial charge is 0.305 e. The first-order chi connectivity index (χ1) is 40.5. The molecule has 3 N–H and O–H groups in total. The largest absolute Gasteiger partial charge is 0.466 e. The monoisotopic (exact) mass is 1160 g/mol. The van der Waals surface area contributed by atoms with Gasteiger partial charge in [0.2, 0.25) is 5.91 Å². The van der Waals surface area contributed by atoms with Gasteiger partial charge in [0.15, 0.2) is 0 Å². The summed E-state index contributed by atoms with van der Waals surface area (Å²) in [5.74, 6) is -0.00275. The van der Waals surface area contributed by atoms with Crippen LogP contribution in [0.5, 0.6) is 0 Å². The highest BCUT2D eigenvalue weighted by Gasteiger charge is 2.20. The minimum Gasteiger partial charge on any atom is -0.466 e. The Morgan fingerprint density at radius 3 is 0.744 bits per heavy atom. The van der Waals surface area contributed by atoms with Crippen LogP contribution >= 0.6 is 0 Å². The van der Waals surface area contributed by atoms with Crippen LogP contribution in [0.1, 0.15) is 450 Å². The summed E-state index contributed by atoms with van der Waals surface area (Å²) in [4.78, 5) is 24.6. The first-order valence-electron chi connectivity index (χ1n) is 38.3. The molecule has 2 unspecified atom stereocenters. The summed E-state index contributed by atoms with van der Waals surface area (Å²) in [5.41, 5.74) is 0. The summed E-state index contributed by atoms with van der Waals surface area (Å²) in [7, 11) is 0. The average Bonchev–Trinajstić information content (AvgIpc) is 3.48. The minimum absolute atomic E-state index is 0.0217. The van der Waals surface area contributed by atoms with Gasteiger partial charge in [0.05, 0.1) is 25.4 Å². The van der Waals surface area contributed by atoms with Gasteiger partial charge in [-0.05, 0) is 25.7 Å². The van der Waals surface area contributed by atoms with E-state index in [0.717, 1.165) is 38.5 Å². The Morgan fingerprint density at radius 1 is 0.293 bits per heavy atom. The third kappa shape index (κ3) is 68.0. The number of unbranched alkanes of at least 4 members (excludes halogenated alkanes) is 62. The third-order valence-electron chi connectivity index (χ3n) is 18.4. The van der Waals surface area contributed by atoms with Crippen LogP contribution in [-0.4, -0.2) is 47.4 Å². The highest BCUT2D eigenvalue weighted by Crippen LogP contribution is 2.20. The number of hydrogen-bond donors (Lipinski definition) is 3. The van der Waals surface area contributed by atoms with Crippen molar-refractivity contribution in [2.75, 3.05) is 13.2 Å². The Morgan fingerprint density at radius 2 is 0.500 bits per heavy atom. The maximum atomic E-state index is 12.6. The van der Waals surface area contributed by atoms with E-state index in [9.17, 15) is 19.8 Å². The van der Waals surface area contributed by atoms with Gasteiger partial charge >= 0.3 is 5.97 Å². The van der Waals surface area contributed by atoms with Crippen LogP contribution in [0.2, 0.25) is 0 Å². The van der Waals surface area contributed by atoms with E-state index < -0.39 is 12.1 Å². The first kappa shape index (κ1) is 80.9. The van der Waals surface area contributed by atoms with Gasteiger partial charge < -0.3 is 20.3 Å². The maximum absolute atomic E-state index is 12.6. The summed E-state index contributed by atoms with van der Waals surface area (Å²) < 4.78 is 5.48. The SMILES string of the molecule is CCCCCCCCCCCCCCCCCCCCCCCCCC(O)C(CO)NC(=O)CCCCCCCCCCCCCCCCCCCCCCCCCCCCCCCCCOC(=O)CCCCCCCCCCCCC. The predicted molar refractivity (Wildman–Crippen MR) is 361 cm³/mol. The summed E-state index contributed by atoms with van der Waals surface area (Å²) in [6.45, 7) is 5.01. The number of aliphatic hydroxyl groups is 2. The summed E-state index contributed by atoms with van der Waals surface area (Å²) in [6.07, 6.45) is 89.0. The molecule has 6 nitrogen and oxygen atoms in total. The van der Waals surface area contributed by atoms with E-state index in [1.807, 2.05) is 0 Å². The van der Waals surface area contributed by atoms with Gasteiger partial charge in [-0.15, -0.1) is 0 Å². The molecule has 0 aliphatic heterocycles. The lowest BCUT2D eigenvalue weighted by Crippen LogP contribution is -2.45. The number of esters is 1. The van der Waals surface area contributed by atoms with Gasteiger partial charge in [-0.25, -0.2) is 0 Å². The molecule has 0 aliphatic rings. The highest BCUT2D eigenvalue weighted by molar-refractivity contribution is 5.76. The number of carbonyl (C=O) groups excluding carboxylic acids is 2. The van der Waals surface area contributed by atoms with Crippen molar-refractivity contribution in [3.8, 4) is 0 Å². The Balaban J connectivity index is 3.33. The molecule has 0 spiro atoms. The second-order valence-electron chi connectivity index (χ2n) is 26.7. The number of hydrogen-bond acceptors (Lipinski definition) is 5. The molecule has 1 amide bonds. The van der Waals surface area contributed by atoms with Crippen molar-refractivity contribution in [1.29, 1.82) is 0 Å². The van der Waals surface area contributed by atoms with E-state index in [-0.39, 0.29) is 18.5 Å². The first-order valence-corrected chi connectivity index (χ1v) is 38.3. The normalized spacial score (nSPS) is 12.4. The molecular formula is C76H151NO5. The molecule has 82 heavy (non-hydrogen) atoms. The van der Waals surface area contributed by atoms with Crippen molar-refractivity contribution in [3.63, 3.8) is 0 Å². The van der Waals surface area contributed by atoms with Gasteiger partial charge in [-0.3, -0.25) is 9.59 Å². The zero-order valence-corrected chi connectivity index (χ0v) is 56.3. The average molecular weight is 1160 g/mol. The third-order valence-corrected chi connectivity index (χ3v) is 18.4. The van der Waals surface area contributed by atoms with Gasteiger partial charge in [0, 0.05) is 12.8 Å². The molecule has 0 aliphatic carbocycles. The van der Waals surface area contributed by atoms with Gasteiger partial charge in [0.1, 0.15) is 0 Å². The fraction of sp³-hybridized carbons (Fsp3) is 0.974. The van der Waals surface area contributed by atoms with Crippen LogP contribution in [0.3, 0.4) is 0 Å². The number of ether oxygens (including phenoxy) is 1. The Kier molecular flexibility index (Phi) is 71.3. The molecule has 0 aromatic heterocycles. The van der Waals surface area contributed by atoms with E-state index in [1.54, 1.807) is 0 Å². The van der Waals surface area contributed by atoms with E-state index in [2.05, 4.69) is 19.2 Å². The standard InChI is InChI=1S/C76H151NO5/c1-3-5-7-9-11-13-15-16-17-18-19-20-30-33-36-39-42-45-49-52-56-60-64-68-74(79)73(72-78)77-75(80)69-65-61-57-53-50-46-43-40-37-34-31-28-26-24-22-21-23-25-27-29-32-35-38-41-44-47-51-55-59-63-67-71-82-76(81)70-66-62-58-54-48-14-12-10-8-6-4-2/h73-74,78-79H,3-72H2,1-2H3,(H,77,80). The van der Waals surface area contributed by atoms with Crippen LogP contribution in [-0.2, 0) is 14.3 Å². The number of carbonyl (C=O) groups is 2. The van der Waals surface area contributed by atoms with E-state index in [4.69, 9.17) is 4.74 Å². The van der Waals surface area contributed by atoms with Crippen molar-refractivity contribution >= 4 is 11.9 Å². The summed E-state index contributed by atoms with van der Waals surface area (Å²) in [5, 5.41) is 23.5. The molecule has 0 bridgehead atoms. The number of rotatable bonds is 73. The van der Waals surface area contributed by atoms with Crippen molar-refractivity contribution in [3.05, 3.63) is 0 Å². The zero-order valence-electron chi connectivity index (χ0n) is 56.3. The van der Waals surface area contributed by atoms with Crippen molar-refractivity contribution in [1.82, 2.24) is 5.32 Å². The molecule has 2 atom stereocenters. The summed E-state index contributed by atoms with van der Waals surface area (Å²) in [6, 6.07) is -0.538. The van der Waals surface area contributed by atoms with Crippen LogP contribution in [0.25, 0.3) is 0 Å². The van der Waals surface area contributed by atoms with Gasteiger partial charge in [-0.2, -0.15) is 0 Å². The van der Waals surface area contributed by atoms with Crippen LogP contribution in [0.15, 0.2) is 0 Å². The fourth-order valence-corrected chi connectivity index (χ4v) is 12.6. The zero-order chi connectivity index (χ0) is 59.2. The quantitative estimate of drug-likeness (QED) is 0.0417. The number of amides is 1. The van der Waals surface area contributed by atoms with Gasteiger partial charge in [0.25, 0.3) is 0 Å². The topological polar surface area (TPSA) is 95.9 Å². The highest BCUT2D eigenvalue weighted by atomic mass is 16.5. The molecule has 0 heterocycles. The molecule has 0 aromatic rings. The maximum Gasteiger partial charge on any atom is 0.305 e. The molecule has 0 aromatic carbocycles. The van der Waals surface area contributed by atoms with Crippen LogP contribution < -0.4 is 5.32 Å². The lowest BCUT2D eigenvalue weighted by atomic mass is 10.0.